The molecule has 6 rings (SSSR count). The first kappa shape index (κ1) is 24.5. The van der Waals surface area contributed by atoms with Gasteiger partial charge in [-0.3, -0.25) is 39.0 Å². The molecule has 0 radical (unpaired) electrons. The minimum absolute atomic E-state index is 0.403. The summed E-state index contributed by atoms with van der Waals surface area (Å²) in [7, 11) is 0. The van der Waals surface area contributed by atoms with Gasteiger partial charge in [-0.05, 0) is 0 Å². The van der Waals surface area contributed by atoms with Crippen molar-refractivity contribution in [3.63, 3.8) is 0 Å². The third-order valence-corrected chi connectivity index (χ3v) is 4.94. The number of ether oxygens (including phenoxy) is 2. The molecule has 0 saturated carbocycles. The van der Waals surface area contributed by atoms with E-state index in [1.165, 1.54) is 40.0 Å². The van der Waals surface area contributed by atoms with E-state index in [1.54, 1.807) is 4.98 Å². The van der Waals surface area contributed by atoms with Crippen molar-refractivity contribution in [2.24, 2.45) is 0 Å². The molecule has 0 aromatic carbocycles. The lowest BCUT2D eigenvalue weighted by Crippen LogP contribution is -2.71. The lowest BCUT2D eigenvalue weighted by atomic mass is 9.96. The van der Waals surface area contributed by atoms with Crippen LogP contribution in [0.5, 0.6) is 0 Å². The van der Waals surface area contributed by atoms with Crippen LogP contribution in [0.1, 0.15) is 12.8 Å². The molecular weight excluding hydrogens is 451 g/mol. The molecular formula is C17H23FN6O9. The molecule has 4 bridgehead atoms. The second kappa shape index (κ2) is 10.2. The molecule has 5 aliphatic rings. The highest BCUT2D eigenvalue weighted by molar-refractivity contribution is 5.90. The van der Waals surface area contributed by atoms with E-state index in [4.69, 9.17) is 14.9 Å². The lowest BCUT2D eigenvalue weighted by molar-refractivity contribution is -0.194. The Hall–Kier alpha value is -3.18. The zero-order valence-corrected chi connectivity index (χ0v) is 17.4. The molecule has 182 valence electrons. The number of aliphatic carboxylic acids is 2. The van der Waals surface area contributed by atoms with Crippen molar-refractivity contribution in [2.45, 2.75) is 18.4 Å². The number of carboxylic acids is 2. The fourth-order valence-electron chi connectivity index (χ4n) is 3.81. The van der Waals surface area contributed by atoms with Gasteiger partial charge in [0.05, 0.1) is 52.9 Å². The third kappa shape index (κ3) is 6.42. The number of aromatic nitrogens is 2. The number of aromatic amines is 2. The number of carbonyl (C=O) groups is 3. The van der Waals surface area contributed by atoms with Crippen LogP contribution in [0.15, 0.2) is 15.8 Å². The highest BCUT2D eigenvalue weighted by Gasteiger charge is 2.49. The fourth-order valence-corrected chi connectivity index (χ4v) is 3.81. The number of carboxylic acid groups (broad SMARTS) is 2. The standard InChI is InChI=1S/C7H8O7.C6H12N4.C4H3FN2O2/c8-4(9)1-7(2-5(10)11)6(12)13-3-14-7;1-7-2-9-4-8(1)5-10(3-7)6-9;5-2-1-6-4(9)7-3(2)8/h1-3H2,(H,8,9)(H,10,11);1-6H2;1H,(H2,6,7,8,9). The molecule has 5 aliphatic heterocycles. The van der Waals surface area contributed by atoms with Crippen LogP contribution in [0.25, 0.3) is 0 Å². The van der Waals surface area contributed by atoms with E-state index >= 15 is 0 Å². The van der Waals surface area contributed by atoms with Crippen molar-refractivity contribution in [1.29, 1.82) is 0 Å². The van der Waals surface area contributed by atoms with Gasteiger partial charge in [0.1, 0.15) is 0 Å². The van der Waals surface area contributed by atoms with Gasteiger partial charge < -0.3 is 24.7 Å². The summed E-state index contributed by atoms with van der Waals surface area (Å²) in [6.45, 7) is 6.72. The molecule has 0 amide bonds. The lowest BCUT2D eigenvalue weighted by Gasteiger charge is -2.56. The van der Waals surface area contributed by atoms with Crippen molar-refractivity contribution < 1.29 is 38.5 Å². The number of halogens is 1. The van der Waals surface area contributed by atoms with Crippen LogP contribution in [0, 0.1) is 5.82 Å². The molecule has 5 fully saturated rings. The van der Waals surface area contributed by atoms with E-state index in [-0.39, 0.29) is 0 Å². The Kier molecular flexibility index (Phi) is 7.54. The molecule has 16 heteroatoms. The van der Waals surface area contributed by atoms with Crippen molar-refractivity contribution >= 4 is 17.9 Å². The number of esters is 1. The van der Waals surface area contributed by atoms with Gasteiger partial charge in [0.15, 0.2) is 12.4 Å². The van der Waals surface area contributed by atoms with Gasteiger partial charge in [0.2, 0.25) is 5.82 Å². The summed E-state index contributed by atoms with van der Waals surface area (Å²) in [6.07, 6.45) is -0.711. The highest BCUT2D eigenvalue weighted by Crippen LogP contribution is 2.28. The first-order chi connectivity index (χ1) is 15.6. The molecule has 33 heavy (non-hydrogen) atoms. The van der Waals surface area contributed by atoms with Crippen molar-refractivity contribution in [3.8, 4) is 0 Å². The number of nitrogens with zero attached hydrogens (tertiary/aromatic N) is 4. The second-order valence-corrected chi connectivity index (χ2v) is 7.78. The number of cyclic esters (lactones) is 1. The van der Waals surface area contributed by atoms with Crippen molar-refractivity contribution in [1.82, 2.24) is 29.6 Å². The average molecular weight is 474 g/mol. The van der Waals surface area contributed by atoms with E-state index in [9.17, 15) is 28.4 Å². The zero-order chi connectivity index (χ0) is 24.2. The van der Waals surface area contributed by atoms with Crippen LogP contribution in [-0.2, 0) is 23.9 Å². The highest BCUT2D eigenvalue weighted by atomic mass is 19.1. The Morgan fingerprint density at radius 2 is 1.39 bits per heavy atom. The van der Waals surface area contributed by atoms with Crippen LogP contribution >= 0.6 is 0 Å². The number of hydrogen-bond acceptors (Lipinski definition) is 11. The Morgan fingerprint density at radius 3 is 1.70 bits per heavy atom. The third-order valence-electron chi connectivity index (χ3n) is 4.94. The van der Waals surface area contributed by atoms with Crippen LogP contribution < -0.4 is 11.2 Å². The van der Waals surface area contributed by atoms with Gasteiger partial charge >= 0.3 is 23.6 Å². The average Bonchev–Trinajstić information content (AvgIpc) is 3.03. The monoisotopic (exact) mass is 474 g/mol. The molecule has 1 aromatic heterocycles. The predicted molar refractivity (Wildman–Crippen MR) is 103 cm³/mol. The topological polar surface area (TPSA) is 189 Å². The maximum Gasteiger partial charge on any atom is 0.341 e. The Labute approximate surface area is 184 Å². The maximum absolute atomic E-state index is 12.0. The van der Waals surface area contributed by atoms with Gasteiger partial charge in [-0.25, -0.2) is 9.59 Å². The Morgan fingerprint density at radius 1 is 0.939 bits per heavy atom. The quantitative estimate of drug-likeness (QED) is 0.333. The molecule has 5 saturated heterocycles. The molecule has 0 unspecified atom stereocenters. The smallest absolute Gasteiger partial charge is 0.341 e. The fraction of sp³-hybridized carbons (Fsp3) is 0.588. The molecule has 4 N–H and O–H groups in total. The van der Waals surface area contributed by atoms with E-state index in [0.717, 1.165) is 0 Å². The van der Waals surface area contributed by atoms with Crippen molar-refractivity contribution in [3.05, 3.63) is 32.9 Å². The van der Waals surface area contributed by atoms with Gasteiger partial charge in [0.25, 0.3) is 5.56 Å². The van der Waals surface area contributed by atoms with Gasteiger partial charge in [0, 0.05) is 6.20 Å². The van der Waals surface area contributed by atoms with Crippen LogP contribution in [-0.4, -0.2) is 110 Å². The number of carbonyl (C=O) groups excluding carboxylic acids is 1. The zero-order valence-electron chi connectivity index (χ0n) is 17.4. The van der Waals surface area contributed by atoms with Gasteiger partial charge in [-0.2, -0.15) is 4.39 Å². The summed E-state index contributed by atoms with van der Waals surface area (Å²) in [6, 6.07) is 0. The first-order valence-electron chi connectivity index (χ1n) is 9.68. The number of nitrogens with one attached hydrogen (secondary N) is 2. The summed E-state index contributed by atoms with van der Waals surface area (Å²) >= 11 is 0. The van der Waals surface area contributed by atoms with Crippen molar-refractivity contribution in [2.75, 3.05) is 46.8 Å². The minimum Gasteiger partial charge on any atom is -0.481 e. The van der Waals surface area contributed by atoms with E-state index in [1.807, 2.05) is 4.98 Å². The van der Waals surface area contributed by atoms with Crippen LogP contribution in [0.2, 0.25) is 0 Å². The van der Waals surface area contributed by atoms with E-state index in [0.29, 0.717) is 6.20 Å². The summed E-state index contributed by atoms with van der Waals surface area (Å²) < 4.78 is 21.1. The Bertz CT molecular complexity index is 939. The Balaban J connectivity index is 0.000000143. The molecule has 15 nitrogen and oxygen atoms in total. The molecule has 0 spiro atoms. The molecule has 1 aromatic rings. The molecule has 0 aliphatic carbocycles. The minimum atomic E-state index is -1.86. The normalized spacial score (nSPS) is 28.1. The molecule has 6 heterocycles. The molecule has 0 atom stereocenters. The summed E-state index contributed by atoms with van der Waals surface area (Å²) in [5.41, 5.74) is -3.57. The maximum atomic E-state index is 12.0. The SMILES string of the molecule is C1N2CN3CN1CN(C2)C3.O=C(O)CC1(CC(=O)O)OCOC1=O.O=c1[nH]cc(F)c(=O)[nH]1. The van der Waals surface area contributed by atoms with Crippen LogP contribution in [0.4, 0.5) is 4.39 Å². The van der Waals surface area contributed by atoms with E-state index in [2.05, 4.69) is 24.3 Å². The van der Waals surface area contributed by atoms with Gasteiger partial charge in [-0.15, -0.1) is 0 Å². The van der Waals surface area contributed by atoms with E-state index < -0.39 is 60.2 Å². The predicted octanol–water partition coefficient (Wildman–Crippen LogP) is -2.61. The summed E-state index contributed by atoms with van der Waals surface area (Å²) in [4.78, 5) is 65.8. The summed E-state index contributed by atoms with van der Waals surface area (Å²) in [5.74, 6) is -4.56. The van der Waals surface area contributed by atoms with Crippen LogP contribution in [0.3, 0.4) is 0 Å². The first-order valence-corrected chi connectivity index (χ1v) is 9.68. The number of H-pyrrole nitrogens is 2. The number of rotatable bonds is 4. The summed E-state index contributed by atoms with van der Waals surface area (Å²) in [5, 5.41) is 17.0. The number of hydrogen-bond donors (Lipinski definition) is 4. The second-order valence-electron chi connectivity index (χ2n) is 7.78. The largest absolute Gasteiger partial charge is 0.481 e. The van der Waals surface area contributed by atoms with Gasteiger partial charge in [-0.1, -0.05) is 0 Å².